The van der Waals surface area contributed by atoms with Crippen molar-refractivity contribution in [1.82, 2.24) is 19.3 Å². The number of sulfonamides is 1. The van der Waals surface area contributed by atoms with Gasteiger partial charge in [0.05, 0.1) is 0 Å². The number of imidazole rings is 1. The Morgan fingerprint density at radius 3 is 2.83 bits per heavy atom. The molecule has 0 aromatic carbocycles. The molecule has 0 unspecified atom stereocenters. The Labute approximate surface area is 138 Å². The van der Waals surface area contributed by atoms with Gasteiger partial charge < -0.3 is 4.57 Å². The number of thiophene rings is 1. The highest BCUT2D eigenvalue weighted by Crippen LogP contribution is 2.24. The van der Waals surface area contributed by atoms with E-state index in [1.807, 2.05) is 23.6 Å². The van der Waals surface area contributed by atoms with Crippen LogP contribution in [0.3, 0.4) is 0 Å². The van der Waals surface area contributed by atoms with Crippen molar-refractivity contribution in [3.05, 3.63) is 53.6 Å². The van der Waals surface area contributed by atoms with E-state index in [4.69, 9.17) is 0 Å². The van der Waals surface area contributed by atoms with Crippen molar-refractivity contribution >= 4 is 21.4 Å². The average Bonchev–Trinajstić information content (AvgIpc) is 3.17. The fourth-order valence-corrected chi connectivity index (χ4v) is 3.83. The second kappa shape index (κ2) is 6.23. The van der Waals surface area contributed by atoms with E-state index in [9.17, 15) is 8.42 Å². The van der Waals surface area contributed by atoms with Crippen molar-refractivity contribution in [3.63, 3.8) is 0 Å². The summed E-state index contributed by atoms with van der Waals surface area (Å²) < 4.78 is 28.8. The topological polar surface area (TPSA) is 76.9 Å². The number of hydrogen-bond acceptors (Lipinski definition) is 5. The quantitative estimate of drug-likeness (QED) is 0.768. The summed E-state index contributed by atoms with van der Waals surface area (Å²) >= 11 is 1.62. The molecule has 0 amide bonds. The van der Waals surface area contributed by atoms with Crippen molar-refractivity contribution in [1.29, 1.82) is 0 Å². The maximum Gasteiger partial charge on any atom is 0.259 e. The molecule has 3 aromatic heterocycles. The standard InChI is InChI=1S/C15H16N4O2S2/c1-11-18-15(10-19(11)2)23(20,21)17-8-12-6-13(9-16-7-12)14-4-3-5-22-14/h3-7,9-10,17H,8H2,1-2H3. The van der Waals surface area contributed by atoms with Crippen LogP contribution in [0.5, 0.6) is 0 Å². The number of aromatic nitrogens is 3. The third-order valence-corrected chi connectivity index (χ3v) is 5.62. The first-order valence-corrected chi connectivity index (χ1v) is 9.29. The molecule has 0 saturated carbocycles. The van der Waals surface area contributed by atoms with E-state index in [2.05, 4.69) is 14.7 Å². The molecule has 0 saturated heterocycles. The van der Waals surface area contributed by atoms with Gasteiger partial charge in [-0.25, -0.2) is 18.1 Å². The van der Waals surface area contributed by atoms with Gasteiger partial charge in [-0.1, -0.05) is 6.07 Å². The van der Waals surface area contributed by atoms with Gasteiger partial charge in [0, 0.05) is 42.6 Å². The van der Waals surface area contributed by atoms with E-state index < -0.39 is 10.0 Å². The SMILES string of the molecule is Cc1nc(S(=O)(=O)NCc2cncc(-c3cccs3)c2)cn1C. The van der Waals surface area contributed by atoms with Crippen LogP contribution >= 0.6 is 11.3 Å². The first-order chi connectivity index (χ1) is 11.0. The fraction of sp³-hybridized carbons (Fsp3) is 0.200. The average molecular weight is 348 g/mol. The Morgan fingerprint density at radius 2 is 2.17 bits per heavy atom. The van der Waals surface area contributed by atoms with Crippen molar-refractivity contribution in [2.24, 2.45) is 7.05 Å². The molecule has 6 nitrogen and oxygen atoms in total. The van der Waals surface area contributed by atoms with Gasteiger partial charge in [0.15, 0.2) is 5.03 Å². The van der Waals surface area contributed by atoms with Crippen LogP contribution in [0.15, 0.2) is 47.2 Å². The molecular weight excluding hydrogens is 332 g/mol. The van der Waals surface area contributed by atoms with Gasteiger partial charge in [-0.05, 0) is 30.0 Å². The summed E-state index contributed by atoms with van der Waals surface area (Å²) in [5, 5.41) is 2.02. The smallest absolute Gasteiger partial charge is 0.259 e. The van der Waals surface area contributed by atoms with Gasteiger partial charge in [0.1, 0.15) is 5.82 Å². The predicted molar refractivity (Wildman–Crippen MR) is 89.5 cm³/mol. The molecular formula is C15H16N4O2S2. The maximum absolute atomic E-state index is 12.3. The van der Waals surface area contributed by atoms with Crippen LogP contribution in [-0.4, -0.2) is 23.0 Å². The zero-order chi connectivity index (χ0) is 16.4. The van der Waals surface area contributed by atoms with Crippen molar-refractivity contribution in [2.45, 2.75) is 18.5 Å². The second-order valence-electron chi connectivity index (χ2n) is 5.12. The highest BCUT2D eigenvalue weighted by Gasteiger charge is 2.18. The molecule has 120 valence electrons. The number of nitrogens with zero attached hydrogens (tertiary/aromatic N) is 3. The highest BCUT2D eigenvalue weighted by molar-refractivity contribution is 7.89. The number of nitrogens with one attached hydrogen (secondary N) is 1. The number of pyridine rings is 1. The van der Waals surface area contributed by atoms with Crippen molar-refractivity contribution < 1.29 is 8.42 Å². The first-order valence-electron chi connectivity index (χ1n) is 6.93. The van der Waals surface area contributed by atoms with Crippen molar-refractivity contribution in [2.75, 3.05) is 0 Å². The van der Waals surface area contributed by atoms with Crippen LogP contribution in [0, 0.1) is 6.92 Å². The van der Waals surface area contributed by atoms with Crippen LogP contribution in [0.1, 0.15) is 11.4 Å². The molecule has 0 aliphatic heterocycles. The first kappa shape index (κ1) is 15.9. The fourth-order valence-electron chi connectivity index (χ4n) is 2.07. The minimum atomic E-state index is -3.63. The van der Waals surface area contributed by atoms with Crippen LogP contribution in [-0.2, 0) is 23.6 Å². The molecule has 3 aromatic rings. The molecule has 0 atom stereocenters. The van der Waals surface area contributed by atoms with Crippen LogP contribution in [0.4, 0.5) is 0 Å². The molecule has 23 heavy (non-hydrogen) atoms. The summed E-state index contributed by atoms with van der Waals surface area (Å²) in [4.78, 5) is 9.33. The minimum absolute atomic E-state index is 0.0277. The summed E-state index contributed by atoms with van der Waals surface area (Å²) in [6.45, 7) is 1.93. The normalized spacial score (nSPS) is 11.7. The third kappa shape index (κ3) is 3.49. The number of hydrogen-bond donors (Lipinski definition) is 1. The molecule has 0 radical (unpaired) electrons. The Morgan fingerprint density at radius 1 is 1.35 bits per heavy atom. The largest absolute Gasteiger partial charge is 0.337 e. The minimum Gasteiger partial charge on any atom is -0.337 e. The molecule has 1 N–H and O–H groups in total. The van der Waals surface area contributed by atoms with Gasteiger partial charge in [0.25, 0.3) is 10.0 Å². The van der Waals surface area contributed by atoms with E-state index in [-0.39, 0.29) is 11.6 Å². The Hall–Kier alpha value is -2.03. The number of aryl methyl sites for hydroxylation is 2. The van der Waals surface area contributed by atoms with Gasteiger partial charge >= 0.3 is 0 Å². The van der Waals surface area contributed by atoms with Gasteiger partial charge in [-0.15, -0.1) is 11.3 Å². The molecule has 3 rings (SSSR count). The number of rotatable bonds is 5. The summed E-state index contributed by atoms with van der Waals surface area (Å²) in [7, 11) is -1.87. The van der Waals surface area contributed by atoms with Gasteiger partial charge in [0.2, 0.25) is 0 Å². The van der Waals surface area contributed by atoms with E-state index >= 15 is 0 Å². The predicted octanol–water partition coefficient (Wildman–Crippen LogP) is 2.33. The third-order valence-electron chi connectivity index (χ3n) is 3.43. The van der Waals surface area contributed by atoms with Crippen LogP contribution in [0.2, 0.25) is 0 Å². The molecule has 0 bridgehead atoms. The van der Waals surface area contributed by atoms with E-state index in [0.29, 0.717) is 5.82 Å². The monoisotopic (exact) mass is 348 g/mol. The van der Waals surface area contributed by atoms with E-state index in [0.717, 1.165) is 16.0 Å². The molecule has 0 aliphatic rings. The van der Waals surface area contributed by atoms with Crippen LogP contribution in [0.25, 0.3) is 10.4 Å². The summed E-state index contributed by atoms with van der Waals surface area (Å²) in [6.07, 6.45) is 4.92. The van der Waals surface area contributed by atoms with Crippen molar-refractivity contribution in [3.8, 4) is 10.4 Å². The summed E-state index contributed by atoms with van der Waals surface area (Å²) in [6, 6.07) is 5.91. The second-order valence-corrected chi connectivity index (χ2v) is 7.78. The lowest BCUT2D eigenvalue weighted by atomic mass is 10.2. The zero-order valence-electron chi connectivity index (χ0n) is 12.7. The van der Waals surface area contributed by atoms with E-state index in [1.54, 1.807) is 42.3 Å². The summed E-state index contributed by atoms with van der Waals surface area (Å²) in [5.41, 5.74) is 1.78. The van der Waals surface area contributed by atoms with Gasteiger partial charge in [-0.3, -0.25) is 4.98 Å². The van der Waals surface area contributed by atoms with Gasteiger partial charge in [-0.2, -0.15) is 0 Å². The van der Waals surface area contributed by atoms with E-state index in [1.165, 1.54) is 6.20 Å². The Balaban J connectivity index is 1.77. The highest BCUT2D eigenvalue weighted by atomic mass is 32.2. The lowest BCUT2D eigenvalue weighted by molar-refractivity contribution is 0.577. The maximum atomic E-state index is 12.3. The molecule has 8 heteroatoms. The molecule has 0 spiro atoms. The lowest BCUT2D eigenvalue weighted by Crippen LogP contribution is -2.23. The molecule has 0 aliphatic carbocycles. The lowest BCUT2D eigenvalue weighted by Gasteiger charge is -2.05. The Bertz CT molecular complexity index is 895. The van der Waals surface area contributed by atoms with Crippen LogP contribution < -0.4 is 4.72 Å². The zero-order valence-corrected chi connectivity index (χ0v) is 14.4. The molecule has 3 heterocycles. The molecule has 0 fully saturated rings. The summed E-state index contributed by atoms with van der Waals surface area (Å²) in [5.74, 6) is 0.645. The Kier molecular flexibility index (Phi) is 4.29.